The lowest BCUT2D eigenvalue weighted by atomic mass is 10.2. The maximum Gasteiger partial charge on any atom is 0.338 e. The van der Waals surface area contributed by atoms with Crippen molar-refractivity contribution in [3.8, 4) is 0 Å². The van der Waals surface area contributed by atoms with Gasteiger partial charge in [0.2, 0.25) is 5.91 Å². The summed E-state index contributed by atoms with van der Waals surface area (Å²) in [6.07, 6.45) is 2.91. The number of anilines is 2. The summed E-state index contributed by atoms with van der Waals surface area (Å²) in [6, 6.07) is 6.79. The fourth-order valence-electron chi connectivity index (χ4n) is 2.94. The number of aromatic nitrogens is 2. The normalized spacial score (nSPS) is 13.7. The zero-order valence-corrected chi connectivity index (χ0v) is 16.4. The van der Waals surface area contributed by atoms with Crippen molar-refractivity contribution in [1.82, 2.24) is 19.8 Å². The van der Waals surface area contributed by atoms with Crippen molar-refractivity contribution < 1.29 is 19.1 Å². The molecule has 3 rings (SSSR count). The Kier molecular flexibility index (Phi) is 6.38. The number of ether oxygens (including phenoxy) is 1. The minimum Gasteiger partial charge on any atom is -0.462 e. The van der Waals surface area contributed by atoms with Crippen LogP contribution in [0.4, 0.5) is 11.5 Å². The fourth-order valence-corrected chi connectivity index (χ4v) is 2.94. The van der Waals surface area contributed by atoms with E-state index in [0.717, 1.165) is 5.69 Å². The quantitative estimate of drug-likeness (QED) is 0.766. The van der Waals surface area contributed by atoms with Gasteiger partial charge in [-0.05, 0) is 31.2 Å². The number of piperazine rings is 1. The molecule has 1 aromatic heterocycles. The van der Waals surface area contributed by atoms with Crippen molar-refractivity contribution in [2.24, 2.45) is 0 Å². The van der Waals surface area contributed by atoms with E-state index < -0.39 is 0 Å². The SMILES string of the molecule is CCOC(=O)c1ccc(Nc2cnc(C(=O)N3CCN(C(C)=O)CC3)cn2)cc1. The van der Waals surface area contributed by atoms with Crippen LogP contribution in [0.3, 0.4) is 0 Å². The highest BCUT2D eigenvalue weighted by molar-refractivity contribution is 5.92. The number of amides is 2. The van der Waals surface area contributed by atoms with Crippen molar-refractivity contribution in [3.63, 3.8) is 0 Å². The monoisotopic (exact) mass is 397 g/mol. The Bertz CT molecular complexity index is 875. The minimum absolute atomic E-state index is 0.0163. The van der Waals surface area contributed by atoms with Crippen LogP contribution < -0.4 is 5.32 Å². The van der Waals surface area contributed by atoms with E-state index in [2.05, 4.69) is 15.3 Å². The molecule has 0 saturated carbocycles. The summed E-state index contributed by atoms with van der Waals surface area (Å²) in [5.41, 5.74) is 1.45. The number of carbonyl (C=O) groups is 3. The van der Waals surface area contributed by atoms with Gasteiger partial charge < -0.3 is 19.9 Å². The second-order valence-electron chi connectivity index (χ2n) is 6.51. The van der Waals surface area contributed by atoms with Gasteiger partial charge in [-0.2, -0.15) is 0 Å². The Hall–Kier alpha value is -3.49. The number of esters is 1. The summed E-state index contributed by atoms with van der Waals surface area (Å²) in [5.74, 6) is -0.0775. The van der Waals surface area contributed by atoms with Gasteiger partial charge in [-0.3, -0.25) is 9.59 Å². The lowest BCUT2D eigenvalue weighted by Gasteiger charge is -2.33. The molecule has 0 aliphatic carbocycles. The van der Waals surface area contributed by atoms with E-state index in [4.69, 9.17) is 4.74 Å². The summed E-state index contributed by atoms with van der Waals surface area (Å²) < 4.78 is 4.95. The van der Waals surface area contributed by atoms with E-state index in [0.29, 0.717) is 44.2 Å². The van der Waals surface area contributed by atoms with Crippen LogP contribution >= 0.6 is 0 Å². The van der Waals surface area contributed by atoms with Gasteiger partial charge >= 0.3 is 5.97 Å². The van der Waals surface area contributed by atoms with Crippen LogP contribution in [-0.4, -0.2) is 70.3 Å². The van der Waals surface area contributed by atoms with Crippen LogP contribution in [0.2, 0.25) is 0 Å². The number of hydrogen-bond acceptors (Lipinski definition) is 7. The summed E-state index contributed by atoms with van der Waals surface area (Å²) in [6.45, 7) is 5.61. The van der Waals surface area contributed by atoms with Gasteiger partial charge in [0, 0.05) is 38.8 Å². The molecule has 0 bridgehead atoms. The van der Waals surface area contributed by atoms with Gasteiger partial charge in [0.1, 0.15) is 11.5 Å². The molecule has 1 aliphatic rings. The van der Waals surface area contributed by atoms with Crippen molar-refractivity contribution in [2.45, 2.75) is 13.8 Å². The number of rotatable bonds is 5. The van der Waals surface area contributed by atoms with Crippen LogP contribution in [0.1, 0.15) is 34.7 Å². The Morgan fingerprint density at radius 3 is 2.21 bits per heavy atom. The highest BCUT2D eigenvalue weighted by atomic mass is 16.5. The first kappa shape index (κ1) is 20.2. The largest absolute Gasteiger partial charge is 0.462 e. The fraction of sp³-hybridized carbons (Fsp3) is 0.350. The van der Waals surface area contributed by atoms with Crippen LogP contribution in [-0.2, 0) is 9.53 Å². The molecule has 152 valence electrons. The van der Waals surface area contributed by atoms with E-state index in [1.165, 1.54) is 19.3 Å². The van der Waals surface area contributed by atoms with Crippen LogP contribution in [0.25, 0.3) is 0 Å². The number of carbonyl (C=O) groups excluding carboxylic acids is 3. The van der Waals surface area contributed by atoms with E-state index in [1.54, 1.807) is 41.0 Å². The predicted octanol–water partition coefficient (Wildman–Crippen LogP) is 1.70. The van der Waals surface area contributed by atoms with E-state index in [9.17, 15) is 14.4 Å². The van der Waals surface area contributed by atoms with Gasteiger partial charge in [0.15, 0.2) is 0 Å². The van der Waals surface area contributed by atoms with Gasteiger partial charge in [0.05, 0.1) is 24.6 Å². The molecule has 1 aromatic carbocycles. The molecule has 0 spiro atoms. The van der Waals surface area contributed by atoms with Crippen LogP contribution in [0.15, 0.2) is 36.7 Å². The third kappa shape index (κ3) is 5.07. The van der Waals surface area contributed by atoms with Crippen LogP contribution in [0.5, 0.6) is 0 Å². The average molecular weight is 397 g/mol. The molecule has 1 fully saturated rings. The third-order valence-corrected chi connectivity index (χ3v) is 4.55. The molecule has 2 amide bonds. The minimum atomic E-state index is -0.370. The van der Waals surface area contributed by atoms with Crippen LogP contribution in [0, 0.1) is 0 Å². The van der Waals surface area contributed by atoms with E-state index in [-0.39, 0.29) is 23.5 Å². The van der Waals surface area contributed by atoms with E-state index in [1.807, 2.05) is 0 Å². The number of hydrogen-bond donors (Lipinski definition) is 1. The van der Waals surface area contributed by atoms with Crippen molar-refractivity contribution >= 4 is 29.3 Å². The van der Waals surface area contributed by atoms with Crippen molar-refractivity contribution in [3.05, 3.63) is 47.9 Å². The van der Waals surface area contributed by atoms with Gasteiger partial charge in [-0.25, -0.2) is 14.8 Å². The highest BCUT2D eigenvalue weighted by Crippen LogP contribution is 2.16. The molecule has 0 unspecified atom stereocenters. The molecule has 1 saturated heterocycles. The average Bonchev–Trinajstić information content (AvgIpc) is 2.74. The molecule has 9 heteroatoms. The standard InChI is InChI=1S/C20H23N5O4/c1-3-29-20(28)15-4-6-16(7-5-15)23-18-13-21-17(12-22-18)19(27)25-10-8-24(9-11-25)14(2)26/h4-7,12-13H,3,8-11H2,1-2H3,(H,22,23). The maximum absolute atomic E-state index is 12.6. The smallest absolute Gasteiger partial charge is 0.338 e. The molecular formula is C20H23N5O4. The first-order valence-corrected chi connectivity index (χ1v) is 9.39. The number of benzene rings is 1. The predicted molar refractivity (Wildman–Crippen MR) is 106 cm³/mol. The Morgan fingerprint density at radius 1 is 1.00 bits per heavy atom. The number of nitrogens with zero attached hydrogens (tertiary/aromatic N) is 4. The van der Waals surface area contributed by atoms with Crippen molar-refractivity contribution in [1.29, 1.82) is 0 Å². The molecule has 1 N–H and O–H groups in total. The molecular weight excluding hydrogens is 374 g/mol. The van der Waals surface area contributed by atoms with Gasteiger partial charge in [-0.1, -0.05) is 0 Å². The molecule has 2 heterocycles. The Labute approximate surface area is 168 Å². The first-order chi connectivity index (χ1) is 14.0. The summed E-state index contributed by atoms with van der Waals surface area (Å²) >= 11 is 0. The first-order valence-electron chi connectivity index (χ1n) is 9.39. The molecule has 29 heavy (non-hydrogen) atoms. The second-order valence-corrected chi connectivity index (χ2v) is 6.51. The van der Waals surface area contributed by atoms with Gasteiger partial charge in [0.25, 0.3) is 5.91 Å². The summed E-state index contributed by atoms with van der Waals surface area (Å²) in [5, 5.41) is 3.07. The Balaban J connectivity index is 1.58. The zero-order valence-electron chi connectivity index (χ0n) is 16.4. The Morgan fingerprint density at radius 2 is 1.66 bits per heavy atom. The summed E-state index contributed by atoms with van der Waals surface area (Å²) in [4.78, 5) is 47.5. The second kappa shape index (κ2) is 9.13. The maximum atomic E-state index is 12.6. The summed E-state index contributed by atoms with van der Waals surface area (Å²) in [7, 11) is 0. The zero-order chi connectivity index (χ0) is 20.8. The lowest BCUT2D eigenvalue weighted by molar-refractivity contribution is -0.130. The van der Waals surface area contributed by atoms with Crippen molar-refractivity contribution in [2.75, 3.05) is 38.1 Å². The van der Waals surface area contributed by atoms with E-state index >= 15 is 0 Å². The molecule has 1 aliphatic heterocycles. The molecule has 2 aromatic rings. The highest BCUT2D eigenvalue weighted by Gasteiger charge is 2.24. The number of nitrogens with one attached hydrogen (secondary N) is 1. The molecule has 0 atom stereocenters. The lowest BCUT2D eigenvalue weighted by Crippen LogP contribution is -2.50. The molecule has 9 nitrogen and oxygen atoms in total. The molecule has 0 radical (unpaired) electrons. The van der Waals surface area contributed by atoms with Gasteiger partial charge in [-0.15, -0.1) is 0 Å². The third-order valence-electron chi connectivity index (χ3n) is 4.55. The topological polar surface area (TPSA) is 105 Å².